The zero-order valence-corrected chi connectivity index (χ0v) is 17.9. The van der Waals surface area contributed by atoms with Gasteiger partial charge in [-0.05, 0) is 61.7 Å². The van der Waals surface area contributed by atoms with Crippen LogP contribution in [0.4, 0.5) is 0 Å². The molecule has 0 radical (unpaired) electrons. The molecule has 0 atom stereocenters. The van der Waals surface area contributed by atoms with Gasteiger partial charge in [0.05, 0.1) is 12.7 Å². The van der Waals surface area contributed by atoms with E-state index in [9.17, 15) is 13.2 Å². The molecule has 3 rings (SSSR count). The molecule has 0 saturated carbocycles. The van der Waals surface area contributed by atoms with E-state index < -0.39 is 16.0 Å². The number of piperazine rings is 1. The fourth-order valence-electron chi connectivity index (χ4n) is 3.53. The minimum Gasteiger partial charge on any atom is -0.465 e. The van der Waals surface area contributed by atoms with Crippen molar-refractivity contribution >= 4 is 16.0 Å². The van der Waals surface area contributed by atoms with Gasteiger partial charge >= 0.3 is 5.97 Å². The Morgan fingerprint density at radius 2 is 1.66 bits per heavy atom. The van der Waals surface area contributed by atoms with Crippen LogP contribution in [0.15, 0.2) is 35.2 Å². The van der Waals surface area contributed by atoms with Crippen LogP contribution in [0.1, 0.15) is 27.0 Å². The Kier molecular flexibility index (Phi) is 6.26. The lowest BCUT2D eigenvalue weighted by Gasteiger charge is -2.28. The van der Waals surface area contributed by atoms with Crippen molar-refractivity contribution in [1.82, 2.24) is 9.62 Å². The summed E-state index contributed by atoms with van der Waals surface area (Å²) in [5, 5.41) is 3.15. The molecule has 8 heteroatoms. The molecule has 1 saturated heterocycles. The highest BCUT2D eigenvalue weighted by atomic mass is 32.2. The van der Waals surface area contributed by atoms with Crippen LogP contribution in [0.25, 0.3) is 0 Å². The van der Waals surface area contributed by atoms with Crippen molar-refractivity contribution in [2.24, 2.45) is 0 Å². The summed E-state index contributed by atoms with van der Waals surface area (Å²) < 4.78 is 39.2. The summed E-state index contributed by atoms with van der Waals surface area (Å²) in [4.78, 5) is 12.2. The number of nitrogens with one attached hydrogen (secondary N) is 1. The number of hydrogen-bond donors (Lipinski definition) is 1. The number of hydrogen-bond acceptors (Lipinski definition) is 6. The van der Waals surface area contributed by atoms with E-state index in [-0.39, 0.29) is 16.2 Å². The monoisotopic (exact) mass is 418 g/mol. The van der Waals surface area contributed by atoms with Crippen molar-refractivity contribution in [2.45, 2.75) is 25.7 Å². The van der Waals surface area contributed by atoms with Gasteiger partial charge in [0.25, 0.3) is 0 Å². The second-order valence-corrected chi connectivity index (χ2v) is 9.01. The van der Waals surface area contributed by atoms with Crippen LogP contribution in [-0.4, -0.2) is 52.0 Å². The van der Waals surface area contributed by atoms with E-state index in [0.717, 1.165) is 11.1 Å². The first-order valence-electron chi connectivity index (χ1n) is 9.43. The molecule has 1 fully saturated rings. The summed E-state index contributed by atoms with van der Waals surface area (Å²) in [7, 11) is -2.60. The number of benzene rings is 2. The molecule has 7 nitrogen and oxygen atoms in total. The molecule has 1 aliphatic rings. The molecule has 29 heavy (non-hydrogen) atoms. The number of esters is 1. The summed E-state index contributed by atoms with van der Waals surface area (Å²) in [6.45, 7) is 7.36. The number of ether oxygens (including phenoxy) is 2. The number of aryl methyl sites for hydroxylation is 2. The van der Waals surface area contributed by atoms with E-state index in [1.807, 2.05) is 32.0 Å². The molecular formula is C21H26N2O5S. The van der Waals surface area contributed by atoms with Crippen LogP contribution < -0.4 is 10.1 Å². The maximum Gasteiger partial charge on any atom is 0.338 e. The molecule has 0 spiro atoms. The average Bonchev–Trinajstić information content (AvgIpc) is 2.67. The summed E-state index contributed by atoms with van der Waals surface area (Å²) in [5.41, 5.74) is 2.54. The Balaban J connectivity index is 2.15. The molecule has 0 bridgehead atoms. The number of carbonyl (C=O) groups is 1. The maximum absolute atomic E-state index is 13.5. The third-order valence-electron chi connectivity index (χ3n) is 4.87. The predicted octanol–water partition coefficient (Wildman–Crippen LogP) is 2.78. The molecule has 0 aromatic heterocycles. The lowest BCUT2D eigenvalue weighted by atomic mass is 10.1. The molecule has 0 unspecified atom stereocenters. The molecule has 1 heterocycles. The highest BCUT2D eigenvalue weighted by Crippen LogP contribution is 2.36. The summed E-state index contributed by atoms with van der Waals surface area (Å²) in [5.74, 6) is 0.153. The van der Waals surface area contributed by atoms with E-state index in [1.165, 1.54) is 23.5 Å². The van der Waals surface area contributed by atoms with Gasteiger partial charge in [0.1, 0.15) is 16.4 Å². The molecule has 1 aliphatic heterocycles. The van der Waals surface area contributed by atoms with E-state index in [0.29, 0.717) is 37.5 Å². The summed E-state index contributed by atoms with van der Waals surface area (Å²) >= 11 is 0. The Hall–Kier alpha value is -2.42. The standard InChI is InChI=1S/C21H26N2O5S/c1-14-11-15(2)13-17(12-14)28-19-6-5-18(21(24)27-4)16(3)20(19)29(25,26)23-9-7-22-8-10-23/h5-6,11-13,22H,7-10H2,1-4H3. The Labute approximate surface area is 171 Å². The van der Waals surface area contributed by atoms with Gasteiger partial charge in [-0.1, -0.05) is 6.07 Å². The van der Waals surface area contributed by atoms with Gasteiger partial charge in [-0.25, -0.2) is 13.2 Å². The fraction of sp³-hybridized carbons (Fsp3) is 0.381. The molecule has 156 valence electrons. The second kappa shape index (κ2) is 8.52. The summed E-state index contributed by atoms with van der Waals surface area (Å²) in [6, 6.07) is 8.76. The average molecular weight is 419 g/mol. The largest absolute Gasteiger partial charge is 0.465 e. The topological polar surface area (TPSA) is 84.9 Å². The first-order valence-corrected chi connectivity index (χ1v) is 10.9. The molecule has 1 N–H and O–H groups in total. The van der Waals surface area contributed by atoms with Gasteiger partial charge in [0.15, 0.2) is 0 Å². The molecule has 2 aromatic carbocycles. The third kappa shape index (κ3) is 4.44. The van der Waals surface area contributed by atoms with Crippen LogP contribution in [0.2, 0.25) is 0 Å². The maximum atomic E-state index is 13.5. The lowest BCUT2D eigenvalue weighted by molar-refractivity contribution is 0.0599. The molecule has 2 aromatic rings. The number of sulfonamides is 1. The first-order chi connectivity index (χ1) is 13.7. The SMILES string of the molecule is COC(=O)c1ccc(Oc2cc(C)cc(C)c2)c(S(=O)(=O)N2CCNCC2)c1C. The summed E-state index contributed by atoms with van der Waals surface area (Å²) in [6.07, 6.45) is 0. The number of methoxy groups -OCH3 is 1. The predicted molar refractivity (Wildman–Crippen MR) is 110 cm³/mol. The van der Waals surface area contributed by atoms with Crippen LogP contribution >= 0.6 is 0 Å². The molecular weight excluding hydrogens is 392 g/mol. The van der Waals surface area contributed by atoms with E-state index in [2.05, 4.69) is 5.32 Å². The van der Waals surface area contributed by atoms with Crippen molar-refractivity contribution in [3.05, 3.63) is 52.6 Å². The van der Waals surface area contributed by atoms with Crippen LogP contribution in [0.3, 0.4) is 0 Å². The zero-order valence-electron chi connectivity index (χ0n) is 17.1. The van der Waals surface area contributed by atoms with Gasteiger partial charge in [-0.2, -0.15) is 4.31 Å². The Morgan fingerprint density at radius 1 is 1.03 bits per heavy atom. The first kappa shape index (κ1) is 21.3. The van der Waals surface area contributed by atoms with Gasteiger partial charge < -0.3 is 14.8 Å². The van der Waals surface area contributed by atoms with Gasteiger partial charge in [-0.15, -0.1) is 0 Å². The Morgan fingerprint density at radius 3 is 2.24 bits per heavy atom. The Bertz CT molecular complexity index is 1010. The van der Waals surface area contributed by atoms with Crippen molar-refractivity contribution in [2.75, 3.05) is 33.3 Å². The highest BCUT2D eigenvalue weighted by molar-refractivity contribution is 7.89. The third-order valence-corrected chi connectivity index (χ3v) is 6.94. The number of nitrogens with zero attached hydrogens (tertiary/aromatic N) is 1. The van der Waals surface area contributed by atoms with Crippen LogP contribution in [0, 0.1) is 20.8 Å². The van der Waals surface area contributed by atoms with Gasteiger partial charge in [0.2, 0.25) is 10.0 Å². The molecule has 0 aliphatic carbocycles. The minimum atomic E-state index is -3.87. The second-order valence-electron chi connectivity index (χ2n) is 7.14. The quantitative estimate of drug-likeness (QED) is 0.752. The zero-order chi connectivity index (χ0) is 21.2. The van der Waals surface area contributed by atoms with Crippen molar-refractivity contribution in [1.29, 1.82) is 0 Å². The van der Waals surface area contributed by atoms with E-state index in [1.54, 1.807) is 6.92 Å². The van der Waals surface area contributed by atoms with Crippen LogP contribution in [0.5, 0.6) is 11.5 Å². The van der Waals surface area contributed by atoms with Gasteiger partial charge in [0, 0.05) is 26.2 Å². The normalized spacial score (nSPS) is 15.2. The molecule has 0 amide bonds. The minimum absolute atomic E-state index is 0.00135. The van der Waals surface area contributed by atoms with Crippen LogP contribution in [-0.2, 0) is 14.8 Å². The number of rotatable bonds is 5. The van der Waals surface area contributed by atoms with E-state index in [4.69, 9.17) is 9.47 Å². The fourth-order valence-corrected chi connectivity index (χ4v) is 5.31. The lowest BCUT2D eigenvalue weighted by Crippen LogP contribution is -2.46. The number of carbonyl (C=O) groups excluding carboxylic acids is 1. The van der Waals surface area contributed by atoms with E-state index >= 15 is 0 Å². The van der Waals surface area contributed by atoms with Gasteiger partial charge in [-0.3, -0.25) is 0 Å². The smallest absolute Gasteiger partial charge is 0.338 e. The highest BCUT2D eigenvalue weighted by Gasteiger charge is 2.33. The van der Waals surface area contributed by atoms with Crippen molar-refractivity contribution in [3.63, 3.8) is 0 Å². The van der Waals surface area contributed by atoms with Crippen molar-refractivity contribution in [3.8, 4) is 11.5 Å². The van der Waals surface area contributed by atoms with Crippen molar-refractivity contribution < 1.29 is 22.7 Å².